The Morgan fingerprint density at radius 1 is 0.903 bits per heavy atom. The SMILES string of the molecule is O=C(CCC(=O)c1ccc2c(c1)CCCC2)NCCS(=O)(=O)N1CCc2ccccc21. The Morgan fingerprint density at radius 2 is 1.68 bits per heavy atom. The third kappa shape index (κ3) is 4.98. The Morgan fingerprint density at radius 3 is 2.52 bits per heavy atom. The van der Waals surface area contributed by atoms with E-state index in [0.29, 0.717) is 18.5 Å². The average molecular weight is 441 g/mol. The number of rotatable bonds is 8. The lowest BCUT2D eigenvalue weighted by atomic mass is 9.89. The third-order valence-corrected chi connectivity index (χ3v) is 7.88. The number of ketones is 1. The van der Waals surface area contributed by atoms with Gasteiger partial charge in [0.1, 0.15) is 0 Å². The van der Waals surface area contributed by atoms with Crippen LogP contribution in [0.5, 0.6) is 0 Å². The smallest absolute Gasteiger partial charge is 0.236 e. The van der Waals surface area contributed by atoms with E-state index in [9.17, 15) is 18.0 Å². The van der Waals surface area contributed by atoms with Crippen LogP contribution in [0.3, 0.4) is 0 Å². The number of nitrogens with one attached hydrogen (secondary N) is 1. The standard InChI is InChI=1S/C24H28N2O4S/c27-23(21-10-9-18-5-1-2-7-20(18)17-21)11-12-24(28)25-14-16-31(29,30)26-15-13-19-6-3-4-8-22(19)26/h3-4,6,8-10,17H,1-2,5,7,11-16H2,(H,25,28). The molecule has 0 fully saturated rings. The Balaban J connectivity index is 1.24. The molecule has 2 aromatic rings. The molecule has 1 N–H and O–H groups in total. The van der Waals surface area contributed by atoms with E-state index >= 15 is 0 Å². The molecule has 0 saturated carbocycles. The van der Waals surface area contributed by atoms with Gasteiger partial charge in [-0.2, -0.15) is 0 Å². The van der Waals surface area contributed by atoms with Crippen LogP contribution < -0.4 is 9.62 Å². The summed E-state index contributed by atoms with van der Waals surface area (Å²) in [4.78, 5) is 24.6. The lowest BCUT2D eigenvalue weighted by Crippen LogP contribution is -2.37. The maximum Gasteiger partial charge on any atom is 0.236 e. The van der Waals surface area contributed by atoms with Crippen LogP contribution in [-0.2, 0) is 34.1 Å². The van der Waals surface area contributed by atoms with Crippen molar-refractivity contribution in [2.24, 2.45) is 0 Å². The number of anilines is 1. The zero-order valence-corrected chi connectivity index (χ0v) is 18.4. The molecule has 2 aromatic carbocycles. The maximum atomic E-state index is 12.7. The Bertz CT molecular complexity index is 1090. The molecule has 164 valence electrons. The van der Waals surface area contributed by atoms with Gasteiger partial charge in [-0.1, -0.05) is 30.3 Å². The summed E-state index contributed by atoms with van der Waals surface area (Å²) in [5, 5.41) is 2.65. The molecule has 0 unspecified atom stereocenters. The number of para-hydroxylation sites is 1. The molecule has 0 bridgehead atoms. The topological polar surface area (TPSA) is 83.5 Å². The monoisotopic (exact) mass is 440 g/mol. The number of Topliss-reactive ketones (excluding diaryl/α,β-unsaturated/α-hetero) is 1. The molecule has 0 radical (unpaired) electrons. The first-order chi connectivity index (χ1) is 14.9. The lowest BCUT2D eigenvalue weighted by molar-refractivity contribution is -0.120. The Kier molecular flexibility index (Phi) is 6.41. The van der Waals surface area contributed by atoms with E-state index in [1.807, 2.05) is 42.5 Å². The van der Waals surface area contributed by atoms with Crippen LogP contribution in [0.1, 0.15) is 52.7 Å². The minimum Gasteiger partial charge on any atom is -0.355 e. The van der Waals surface area contributed by atoms with Gasteiger partial charge in [0, 0.05) is 31.5 Å². The summed E-state index contributed by atoms with van der Waals surface area (Å²) in [5.74, 6) is -0.514. The summed E-state index contributed by atoms with van der Waals surface area (Å²) in [6, 6.07) is 13.3. The second-order valence-electron chi connectivity index (χ2n) is 8.23. The number of carbonyl (C=O) groups is 2. The van der Waals surface area contributed by atoms with Crippen molar-refractivity contribution in [1.29, 1.82) is 0 Å². The second kappa shape index (κ2) is 9.22. The minimum atomic E-state index is -3.50. The van der Waals surface area contributed by atoms with E-state index in [-0.39, 0.29) is 36.8 Å². The fourth-order valence-electron chi connectivity index (χ4n) is 4.39. The van der Waals surface area contributed by atoms with E-state index < -0.39 is 10.0 Å². The number of sulfonamides is 1. The first-order valence-electron chi connectivity index (χ1n) is 10.9. The fraction of sp³-hybridized carbons (Fsp3) is 0.417. The summed E-state index contributed by atoms with van der Waals surface area (Å²) in [6.45, 7) is 0.470. The van der Waals surface area contributed by atoms with Gasteiger partial charge in [0.25, 0.3) is 0 Å². The summed E-state index contributed by atoms with van der Waals surface area (Å²) >= 11 is 0. The van der Waals surface area contributed by atoms with E-state index in [0.717, 1.165) is 30.5 Å². The molecule has 1 aliphatic carbocycles. The third-order valence-electron chi connectivity index (χ3n) is 6.11. The molecule has 2 aliphatic rings. The van der Waals surface area contributed by atoms with Crippen molar-refractivity contribution in [2.45, 2.75) is 44.9 Å². The van der Waals surface area contributed by atoms with Crippen molar-refractivity contribution in [3.05, 3.63) is 64.7 Å². The Labute approximate surface area is 183 Å². The van der Waals surface area contributed by atoms with Gasteiger partial charge in [0.05, 0.1) is 11.4 Å². The molecule has 1 heterocycles. The number of fused-ring (bicyclic) bond motifs is 2. The van der Waals surface area contributed by atoms with Gasteiger partial charge in [-0.05, 0) is 60.9 Å². The van der Waals surface area contributed by atoms with Gasteiger partial charge in [-0.25, -0.2) is 8.42 Å². The molecule has 1 aliphatic heterocycles. The van der Waals surface area contributed by atoms with Gasteiger partial charge in [-0.3, -0.25) is 13.9 Å². The van der Waals surface area contributed by atoms with Crippen LogP contribution in [0.25, 0.3) is 0 Å². The van der Waals surface area contributed by atoms with Crippen LogP contribution in [0, 0.1) is 0 Å². The minimum absolute atomic E-state index is 0.0346. The summed E-state index contributed by atoms with van der Waals surface area (Å²) in [6.07, 6.45) is 5.30. The predicted molar refractivity (Wildman–Crippen MR) is 121 cm³/mol. The van der Waals surface area contributed by atoms with Crippen molar-refractivity contribution in [3.8, 4) is 0 Å². The van der Waals surface area contributed by atoms with Crippen molar-refractivity contribution >= 4 is 27.4 Å². The number of hydrogen-bond acceptors (Lipinski definition) is 4. The fourth-order valence-corrected chi connectivity index (χ4v) is 5.82. The van der Waals surface area contributed by atoms with Crippen LogP contribution >= 0.6 is 0 Å². The summed E-state index contributed by atoms with van der Waals surface area (Å²) in [5.41, 5.74) is 4.97. The zero-order valence-electron chi connectivity index (χ0n) is 17.6. The van der Waals surface area contributed by atoms with Gasteiger partial charge in [-0.15, -0.1) is 0 Å². The van der Waals surface area contributed by atoms with E-state index in [1.165, 1.54) is 21.9 Å². The van der Waals surface area contributed by atoms with Crippen molar-refractivity contribution in [3.63, 3.8) is 0 Å². The van der Waals surface area contributed by atoms with Crippen LogP contribution in [0.4, 0.5) is 5.69 Å². The predicted octanol–water partition coefficient (Wildman–Crippen LogP) is 3.04. The molecular weight excluding hydrogens is 412 g/mol. The number of hydrogen-bond donors (Lipinski definition) is 1. The molecule has 6 nitrogen and oxygen atoms in total. The second-order valence-corrected chi connectivity index (χ2v) is 10.2. The van der Waals surface area contributed by atoms with E-state index in [1.54, 1.807) is 0 Å². The Hall–Kier alpha value is -2.67. The molecule has 4 rings (SSSR count). The first-order valence-corrected chi connectivity index (χ1v) is 12.5. The number of carbonyl (C=O) groups excluding carboxylic acids is 2. The van der Waals surface area contributed by atoms with Gasteiger partial charge < -0.3 is 5.32 Å². The van der Waals surface area contributed by atoms with Gasteiger partial charge >= 0.3 is 0 Å². The molecule has 1 amide bonds. The molecule has 0 saturated heterocycles. The van der Waals surface area contributed by atoms with Gasteiger partial charge in [0.2, 0.25) is 15.9 Å². The largest absolute Gasteiger partial charge is 0.355 e. The molecule has 0 atom stereocenters. The normalized spacial score (nSPS) is 15.3. The van der Waals surface area contributed by atoms with Crippen molar-refractivity contribution in [1.82, 2.24) is 5.32 Å². The first kappa shape index (κ1) is 21.6. The number of amides is 1. The van der Waals surface area contributed by atoms with Crippen LogP contribution in [-0.4, -0.2) is 39.0 Å². The summed E-state index contributed by atoms with van der Waals surface area (Å²) < 4.78 is 26.8. The highest BCUT2D eigenvalue weighted by molar-refractivity contribution is 7.92. The van der Waals surface area contributed by atoms with Crippen LogP contribution in [0.15, 0.2) is 42.5 Å². The van der Waals surface area contributed by atoms with Crippen LogP contribution in [0.2, 0.25) is 0 Å². The quantitative estimate of drug-likeness (QED) is 0.640. The highest BCUT2D eigenvalue weighted by Crippen LogP contribution is 2.29. The number of nitrogens with zero attached hydrogens (tertiary/aromatic N) is 1. The maximum absolute atomic E-state index is 12.7. The summed E-state index contributed by atoms with van der Waals surface area (Å²) in [7, 11) is -3.50. The van der Waals surface area contributed by atoms with E-state index in [4.69, 9.17) is 0 Å². The number of benzene rings is 2. The number of aryl methyl sites for hydroxylation is 2. The van der Waals surface area contributed by atoms with Crippen molar-refractivity contribution < 1.29 is 18.0 Å². The molecule has 7 heteroatoms. The zero-order chi connectivity index (χ0) is 21.8. The van der Waals surface area contributed by atoms with Crippen molar-refractivity contribution in [2.75, 3.05) is 23.1 Å². The highest BCUT2D eigenvalue weighted by Gasteiger charge is 2.28. The molecule has 31 heavy (non-hydrogen) atoms. The molecular formula is C24H28N2O4S. The van der Waals surface area contributed by atoms with Gasteiger partial charge in [0.15, 0.2) is 5.78 Å². The molecule has 0 aromatic heterocycles. The highest BCUT2D eigenvalue weighted by atomic mass is 32.2. The van der Waals surface area contributed by atoms with E-state index in [2.05, 4.69) is 5.32 Å². The lowest BCUT2D eigenvalue weighted by Gasteiger charge is -2.19. The average Bonchev–Trinajstić information content (AvgIpc) is 3.22. The molecule has 0 spiro atoms.